The zero-order valence-electron chi connectivity index (χ0n) is 16.3. The summed E-state index contributed by atoms with van der Waals surface area (Å²) in [6, 6.07) is 11.6. The molecule has 0 saturated carbocycles. The zero-order chi connectivity index (χ0) is 19.3. The first kappa shape index (κ1) is 19.2. The normalized spacial score (nSPS) is 18.1. The van der Waals surface area contributed by atoms with Crippen molar-refractivity contribution in [2.75, 3.05) is 13.1 Å². The molecule has 1 fully saturated rings. The highest BCUT2D eigenvalue weighted by Gasteiger charge is 2.26. The molecular weight excluding hydrogens is 368 g/mol. The molecule has 1 aromatic heterocycles. The van der Waals surface area contributed by atoms with E-state index in [4.69, 9.17) is 0 Å². The minimum atomic E-state index is -0.0246. The Morgan fingerprint density at radius 2 is 1.68 bits per heavy atom. The fourth-order valence-electron chi connectivity index (χ4n) is 4.19. The highest BCUT2D eigenvalue weighted by molar-refractivity contribution is 7.14. The third-order valence-corrected chi connectivity index (χ3v) is 7.09. The molecule has 0 radical (unpaired) electrons. The molecule has 2 heterocycles. The average molecular weight is 397 g/mol. The van der Waals surface area contributed by atoms with Crippen LogP contribution in [0.5, 0.6) is 0 Å². The second-order valence-electron chi connectivity index (χ2n) is 7.88. The summed E-state index contributed by atoms with van der Waals surface area (Å²) in [5.74, 6) is 0.146. The number of thiophene rings is 1. The van der Waals surface area contributed by atoms with Crippen molar-refractivity contribution in [3.05, 3.63) is 57.3 Å². The van der Waals surface area contributed by atoms with Gasteiger partial charge in [-0.15, -0.1) is 11.3 Å². The van der Waals surface area contributed by atoms with Gasteiger partial charge < -0.3 is 10.2 Å². The third-order valence-electron chi connectivity index (χ3n) is 5.86. The maximum Gasteiger partial charge on any atom is 0.263 e. The van der Waals surface area contributed by atoms with Crippen LogP contribution in [0.15, 0.2) is 36.4 Å². The molecule has 4 rings (SSSR count). The molecule has 0 atom stereocenters. The van der Waals surface area contributed by atoms with Crippen molar-refractivity contribution in [2.45, 2.75) is 57.4 Å². The quantitative estimate of drug-likeness (QED) is 0.834. The lowest BCUT2D eigenvalue weighted by Gasteiger charge is -2.32. The molecule has 1 aromatic carbocycles. The standard InChI is InChI=1S/C23H28N2O2S/c26-22(17-8-5-3-6-9-17)24-19-12-14-25(15-13-19)23(27)21-16-18-10-4-1-2-7-11-20(18)28-21/h3,5-6,8-9,16,19H,1-2,4,7,10-15H2,(H,24,26). The molecular formula is C23H28N2O2S. The predicted octanol–water partition coefficient (Wildman–Crippen LogP) is 4.44. The van der Waals surface area contributed by atoms with Crippen molar-refractivity contribution in [2.24, 2.45) is 0 Å². The van der Waals surface area contributed by atoms with Crippen LogP contribution in [0, 0.1) is 0 Å². The Hall–Kier alpha value is -2.14. The van der Waals surface area contributed by atoms with E-state index in [2.05, 4.69) is 11.4 Å². The van der Waals surface area contributed by atoms with Gasteiger partial charge in [0.2, 0.25) is 0 Å². The number of carbonyl (C=O) groups is 2. The van der Waals surface area contributed by atoms with Crippen molar-refractivity contribution >= 4 is 23.2 Å². The van der Waals surface area contributed by atoms with Gasteiger partial charge in [0.05, 0.1) is 4.88 Å². The molecule has 0 spiro atoms. The minimum Gasteiger partial charge on any atom is -0.349 e. The van der Waals surface area contributed by atoms with Crippen LogP contribution in [0.2, 0.25) is 0 Å². The van der Waals surface area contributed by atoms with Gasteiger partial charge in [0, 0.05) is 29.6 Å². The number of amides is 2. The lowest BCUT2D eigenvalue weighted by Crippen LogP contribution is -2.46. The minimum absolute atomic E-state index is 0.0246. The molecule has 2 amide bonds. The van der Waals surface area contributed by atoms with Gasteiger partial charge in [-0.2, -0.15) is 0 Å². The Labute approximate surface area is 170 Å². The number of rotatable bonds is 3. The lowest BCUT2D eigenvalue weighted by molar-refractivity contribution is 0.0702. The van der Waals surface area contributed by atoms with Crippen molar-refractivity contribution in [3.8, 4) is 0 Å². The van der Waals surface area contributed by atoms with Crippen molar-refractivity contribution < 1.29 is 9.59 Å². The highest BCUT2D eigenvalue weighted by Crippen LogP contribution is 2.29. The fraction of sp³-hybridized carbons (Fsp3) is 0.478. The van der Waals surface area contributed by atoms with Gasteiger partial charge in [-0.1, -0.05) is 31.0 Å². The van der Waals surface area contributed by atoms with Crippen LogP contribution in [-0.2, 0) is 12.8 Å². The van der Waals surface area contributed by atoms with Crippen LogP contribution in [0.25, 0.3) is 0 Å². The summed E-state index contributed by atoms with van der Waals surface area (Å²) in [7, 11) is 0. The first-order chi connectivity index (χ1) is 13.7. The molecule has 1 N–H and O–H groups in total. The van der Waals surface area contributed by atoms with E-state index in [1.54, 1.807) is 11.3 Å². The maximum absolute atomic E-state index is 13.0. The van der Waals surface area contributed by atoms with Gasteiger partial charge in [0.25, 0.3) is 11.8 Å². The van der Waals surface area contributed by atoms with Crippen LogP contribution >= 0.6 is 11.3 Å². The molecule has 28 heavy (non-hydrogen) atoms. The summed E-state index contributed by atoms with van der Waals surface area (Å²) in [5.41, 5.74) is 2.09. The van der Waals surface area contributed by atoms with Crippen LogP contribution in [-0.4, -0.2) is 35.8 Å². The number of hydrogen-bond acceptors (Lipinski definition) is 3. The Morgan fingerprint density at radius 3 is 2.43 bits per heavy atom. The van der Waals surface area contributed by atoms with E-state index in [1.807, 2.05) is 35.2 Å². The van der Waals surface area contributed by atoms with Crippen LogP contribution in [0.1, 0.15) is 69.0 Å². The van der Waals surface area contributed by atoms with E-state index >= 15 is 0 Å². The number of hydrogen-bond donors (Lipinski definition) is 1. The zero-order valence-corrected chi connectivity index (χ0v) is 17.1. The molecule has 0 unspecified atom stereocenters. The van der Waals surface area contributed by atoms with E-state index in [-0.39, 0.29) is 17.9 Å². The topological polar surface area (TPSA) is 49.4 Å². The summed E-state index contributed by atoms with van der Waals surface area (Å²) >= 11 is 1.71. The molecule has 4 nitrogen and oxygen atoms in total. The number of nitrogens with one attached hydrogen (secondary N) is 1. The number of nitrogens with zero attached hydrogens (tertiary/aromatic N) is 1. The second kappa shape index (κ2) is 8.91. The molecule has 1 saturated heterocycles. The summed E-state index contributed by atoms with van der Waals surface area (Å²) in [4.78, 5) is 29.6. The summed E-state index contributed by atoms with van der Waals surface area (Å²) in [6.07, 6.45) is 8.97. The Morgan fingerprint density at radius 1 is 0.964 bits per heavy atom. The van der Waals surface area contributed by atoms with Gasteiger partial charge >= 0.3 is 0 Å². The monoisotopic (exact) mass is 396 g/mol. The smallest absolute Gasteiger partial charge is 0.263 e. The molecule has 1 aliphatic heterocycles. The molecule has 148 valence electrons. The fourth-order valence-corrected chi connectivity index (χ4v) is 5.41. The molecule has 2 aromatic rings. The molecule has 0 bridgehead atoms. The van der Waals surface area contributed by atoms with E-state index < -0.39 is 0 Å². The number of aryl methyl sites for hydroxylation is 2. The second-order valence-corrected chi connectivity index (χ2v) is 9.02. The Balaban J connectivity index is 1.33. The number of carbonyl (C=O) groups excluding carboxylic acids is 2. The molecule has 5 heteroatoms. The number of benzene rings is 1. The third kappa shape index (κ3) is 4.46. The Kier molecular flexibility index (Phi) is 6.10. The average Bonchev–Trinajstić information content (AvgIpc) is 3.10. The van der Waals surface area contributed by atoms with Gasteiger partial charge in [-0.05, 0) is 62.3 Å². The van der Waals surface area contributed by atoms with Gasteiger partial charge in [0.15, 0.2) is 0 Å². The van der Waals surface area contributed by atoms with Crippen LogP contribution in [0.3, 0.4) is 0 Å². The van der Waals surface area contributed by atoms with Gasteiger partial charge in [-0.3, -0.25) is 9.59 Å². The van der Waals surface area contributed by atoms with Crippen LogP contribution in [0.4, 0.5) is 0 Å². The summed E-state index contributed by atoms with van der Waals surface area (Å²) in [5, 5.41) is 3.11. The van der Waals surface area contributed by atoms with Crippen molar-refractivity contribution in [1.29, 1.82) is 0 Å². The Bertz CT molecular complexity index is 797. The lowest BCUT2D eigenvalue weighted by atomic mass is 9.99. The number of likely N-dealkylation sites (tertiary alicyclic amines) is 1. The molecule has 2 aliphatic rings. The van der Waals surface area contributed by atoms with Gasteiger partial charge in [-0.25, -0.2) is 0 Å². The van der Waals surface area contributed by atoms with Gasteiger partial charge in [0.1, 0.15) is 0 Å². The summed E-state index contributed by atoms with van der Waals surface area (Å²) < 4.78 is 0. The van der Waals surface area contributed by atoms with Crippen molar-refractivity contribution in [1.82, 2.24) is 10.2 Å². The maximum atomic E-state index is 13.0. The van der Waals surface area contributed by atoms with E-state index in [1.165, 1.54) is 36.1 Å². The molecule has 1 aliphatic carbocycles. The highest BCUT2D eigenvalue weighted by atomic mass is 32.1. The van der Waals surface area contributed by atoms with E-state index in [0.717, 1.165) is 30.6 Å². The van der Waals surface area contributed by atoms with Crippen molar-refractivity contribution in [3.63, 3.8) is 0 Å². The van der Waals surface area contributed by atoms with Crippen LogP contribution < -0.4 is 5.32 Å². The SMILES string of the molecule is O=C(NC1CCN(C(=O)c2cc3c(s2)CCCCCC3)CC1)c1ccccc1. The van der Waals surface area contributed by atoms with E-state index in [9.17, 15) is 9.59 Å². The number of fused-ring (bicyclic) bond motifs is 1. The number of piperidine rings is 1. The largest absolute Gasteiger partial charge is 0.349 e. The predicted molar refractivity (Wildman–Crippen MR) is 113 cm³/mol. The van der Waals surface area contributed by atoms with E-state index in [0.29, 0.717) is 18.7 Å². The first-order valence-electron chi connectivity index (χ1n) is 10.5. The summed E-state index contributed by atoms with van der Waals surface area (Å²) in [6.45, 7) is 1.42. The first-order valence-corrected chi connectivity index (χ1v) is 11.3.